The minimum Gasteiger partial charge on any atom is -0.329 e. The van der Waals surface area contributed by atoms with Crippen LogP contribution in [0.2, 0.25) is 0 Å². The lowest BCUT2D eigenvalue weighted by atomic mass is 10.2. The Labute approximate surface area is 97.0 Å². The van der Waals surface area contributed by atoms with Gasteiger partial charge in [-0.1, -0.05) is 15.9 Å². The average molecular weight is 264 g/mol. The predicted octanol–water partition coefficient (Wildman–Crippen LogP) is 2.90. The van der Waals surface area contributed by atoms with Crippen molar-refractivity contribution in [3.8, 4) is 6.07 Å². The highest BCUT2D eigenvalue weighted by Gasteiger charge is 2.20. The minimum absolute atomic E-state index is 0.605. The number of halogens is 1. The monoisotopic (exact) mass is 263 g/mol. The lowest BCUT2D eigenvalue weighted by Gasteiger charge is -2.19. The number of nitriles is 1. The van der Waals surface area contributed by atoms with Gasteiger partial charge in [0.1, 0.15) is 11.9 Å². The second kappa shape index (κ2) is 4.03. The molecule has 4 heteroatoms. The van der Waals surface area contributed by atoms with Crippen LogP contribution in [0, 0.1) is 16.7 Å². The molecule has 0 atom stereocenters. The summed E-state index contributed by atoms with van der Waals surface area (Å²) in [6.45, 7) is 0.842. The Morgan fingerprint density at radius 2 is 2.27 bits per heavy atom. The molecule has 1 fully saturated rings. The highest BCUT2D eigenvalue weighted by Crippen LogP contribution is 2.27. The Bertz CT molecular complexity index is 448. The molecule has 0 radical (unpaired) electrons. The summed E-state index contributed by atoms with van der Waals surface area (Å²) in [5.41, 5.74) is 1.47. The largest absolute Gasteiger partial charge is 0.329 e. The van der Waals surface area contributed by atoms with E-state index < -0.39 is 0 Å². The molecule has 1 aromatic carbocycles. The van der Waals surface area contributed by atoms with Crippen molar-refractivity contribution in [3.05, 3.63) is 28.2 Å². The summed E-state index contributed by atoms with van der Waals surface area (Å²) < 4.78 is 0.897. The van der Waals surface area contributed by atoms with Gasteiger partial charge in [-0.3, -0.25) is 5.41 Å². The molecule has 76 valence electrons. The molecule has 1 aliphatic heterocycles. The number of nitrogens with one attached hydrogen (secondary N) is 1. The van der Waals surface area contributed by atoms with Crippen molar-refractivity contribution in [1.29, 1.82) is 10.7 Å². The van der Waals surface area contributed by atoms with E-state index >= 15 is 0 Å². The maximum Gasteiger partial charge on any atom is 0.101 e. The Kier molecular flexibility index (Phi) is 2.74. The SMILES string of the molecule is N#Cc1cc(Br)ccc1N1CCCC1=N. The van der Waals surface area contributed by atoms with Gasteiger partial charge in [-0.05, 0) is 24.6 Å². The molecular formula is C11H10BrN3. The Balaban J connectivity index is 2.44. The Morgan fingerprint density at radius 1 is 1.47 bits per heavy atom. The topological polar surface area (TPSA) is 50.9 Å². The Morgan fingerprint density at radius 3 is 2.87 bits per heavy atom. The van der Waals surface area contributed by atoms with E-state index in [-0.39, 0.29) is 0 Å². The zero-order valence-electron chi connectivity index (χ0n) is 8.13. The maximum atomic E-state index is 9.02. The molecule has 3 nitrogen and oxygen atoms in total. The zero-order valence-corrected chi connectivity index (χ0v) is 9.71. The van der Waals surface area contributed by atoms with Gasteiger partial charge in [-0.2, -0.15) is 5.26 Å². The highest BCUT2D eigenvalue weighted by atomic mass is 79.9. The summed E-state index contributed by atoms with van der Waals surface area (Å²) in [4.78, 5) is 1.91. The molecule has 1 aromatic rings. The number of nitrogens with zero attached hydrogens (tertiary/aromatic N) is 2. The van der Waals surface area contributed by atoms with Gasteiger partial charge in [-0.25, -0.2) is 0 Å². The first-order valence-electron chi connectivity index (χ1n) is 4.77. The molecule has 1 N–H and O–H groups in total. The van der Waals surface area contributed by atoms with Gasteiger partial charge in [0.05, 0.1) is 11.3 Å². The van der Waals surface area contributed by atoms with Crippen LogP contribution in [0.3, 0.4) is 0 Å². The highest BCUT2D eigenvalue weighted by molar-refractivity contribution is 9.10. The van der Waals surface area contributed by atoms with Crippen molar-refractivity contribution >= 4 is 27.5 Å². The van der Waals surface area contributed by atoms with E-state index in [0.29, 0.717) is 11.4 Å². The standard InChI is InChI=1S/C11H10BrN3/c12-9-3-4-10(8(6-9)7-13)15-5-1-2-11(15)14/h3-4,6,14H,1-2,5H2. The number of hydrogen-bond donors (Lipinski definition) is 1. The summed E-state index contributed by atoms with van der Waals surface area (Å²) in [5.74, 6) is 0.605. The third-order valence-electron chi connectivity index (χ3n) is 2.49. The smallest absolute Gasteiger partial charge is 0.101 e. The van der Waals surface area contributed by atoms with Crippen molar-refractivity contribution in [3.63, 3.8) is 0 Å². The molecule has 15 heavy (non-hydrogen) atoms. The van der Waals surface area contributed by atoms with Gasteiger partial charge >= 0.3 is 0 Å². The van der Waals surface area contributed by atoms with E-state index in [2.05, 4.69) is 22.0 Å². The summed E-state index contributed by atoms with van der Waals surface area (Å²) in [7, 11) is 0. The molecule has 0 saturated carbocycles. The predicted molar refractivity (Wildman–Crippen MR) is 63.2 cm³/mol. The summed E-state index contributed by atoms with van der Waals surface area (Å²) >= 11 is 3.34. The number of anilines is 1. The van der Waals surface area contributed by atoms with Crippen molar-refractivity contribution in [1.82, 2.24) is 0 Å². The number of hydrogen-bond acceptors (Lipinski definition) is 2. The van der Waals surface area contributed by atoms with Crippen LogP contribution < -0.4 is 4.90 Å². The quantitative estimate of drug-likeness (QED) is 0.847. The first kappa shape index (κ1) is 10.2. The van der Waals surface area contributed by atoms with E-state index in [9.17, 15) is 0 Å². The summed E-state index contributed by atoms with van der Waals surface area (Å²) in [5, 5.41) is 16.8. The first-order valence-corrected chi connectivity index (χ1v) is 5.56. The van der Waals surface area contributed by atoms with Gasteiger partial charge in [0.2, 0.25) is 0 Å². The fraction of sp³-hybridized carbons (Fsp3) is 0.273. The van der Waals surface area contributed by atoms with E-state index in [1.165, 1.54) is 0 Å². The van der Waals surface area contributed by atoms with Crippen molar-refractivity contribution < 1.29 is 0 Å². The third-order valence-corrected chi connectivity index (χ3v) is 2.98. The number of benzene rings is 1. The molecule has 2 rings (SSSR count). The van der Waals surface area contributed by atoms with E-state index in [0.717, 1.165) is 29.5 Å². The van der Waals surface area contributed by atoms with Crippen molar-refractivity contribution in [2.24, 2.45) is 0 Å². The van der Waals surface area contributed by atoms with E-state index in [1.807, 2.05) is 17.0 Å². The van der Waals surface area contributed by atoms with Gasteiger partial charge in [0.15, 0.2) is 0 Å². The molecule has 0 amide bonds. The van der Waals surface area contributed by atoms with Crippen molar-refractivity contribution in [2.75, 3.05) is 11.4 Å². The van der Waals surface area contributed by atoms with Crippen LogP contribution >= 0.6 is 15.9 Å². The van der Waals surface area contributed by atoms with Crippen LogP contribution in [0.4, 0.5) is 5.69 Å². The summed E-state index contributed by atoms with van der Waals surface area (Å²) in [6, 6.07) is 7.75. The van der Waals surface area contributed by atoms with Gasteiger partial charge < -0.3 is 4.90 Å². The fourth-order valence-corrected chi connectivity index (χ4v) is 2.13. The first-order chi connectivity index (χ1) is 7.22. The van der Waals surface area contributed by atoms with Crippen LogP contribution in [-0.4, -0.2) is 12.4 Å². The second-order valence-electron chi connectivity index (χ2n) is 3.48. The lowest BCUT2D eigenvalue weighted by molar-refractivity contribution is 0.955. The molecule has 0 bridgehead atoms. The lowest BCUT2D eigenvalue weighted by Crippen LogP contribution is -2.23. The number of amidine groups is 1. The molecule has 0 spiro atoms. The Hall–Kier alpha value is -1.34. The van der Waals surface area contributed by atoms with Crippen molar-refractivity contribution in [2.45, 2.75) is 12.8 Å². The number of rotatable bonds is 1. The molecule has 0 aromatic heterocycles. The summed E-state index contributed by atoms with van der Waals surface area (Å²) in [6.07, 6.45) is 1.81. The van der Waals surface area contributed by atoms with E-state index in [4.69, 9.17) is 10.7 Å². The van der Waals surface area contributed by atoms with Crippen LogP contribution in [0.25, 0.3) is 0 Å². The van der Waals surface area contributed by atoms with Crippen LogP contribution in [0.1, 0.15) is 18.4 Å². The van der Waals surface area contributed by atoms with Gasteiger partial charge in [-0.15, -0.1) is 0 Å². The molecular weight excluding hydrogens is 254 g/mol. The molecule has 1 saturated heterocycles. The molecule has 0 aliphatic carbocycles. The fourth-order valence-electron chi connectivity index (χ4n) is 1.77. The van der Waals surface area contributed by atoms with Gasteiger partial charge in [0.25, 0.3) is 0 Å². The maximum absolute atomic E-state index is 9.02. The second-order valence-corrected chi connectivity index (χ2v) is 4.39. The third kappa shape index (κ3) is 1.88. The van der Waals surface area contributed by atoms with Crippen LogP contribution in [0.5, 0.6) is 0 Å². The minimum atomic E-state index is 0.605. The van der Waals surface area contributed by atoms with Gasteiger partial charge in [0, 0.05) is 17.4 Å². The zero-order chi connectivity index (χ0) is 10.8. The van der Waals surface area contributed by atoms with Crippen LogP contribution in [0.15, 0.2) is 22.7 Å². The molecule has 1 aliphatic rings. The van der Waals surface area contributed by atoms with E-state index in [1.54, 1.807) is 6.07 Å². The normalized spacial score (nSPS) is 15.5. The molecule has 1 heterocycles. The average Bonchev–Trinajstić information content (AvgIpc) is 2.64. The molecule has 0 unspecified atom stereocenters. The van der Waals surface area contributed by atoms with Crippen LogP contribution in [-0.2, 0) is 0 Å².